The maximum Gasteiger partial charge on any atom is 0.419 e. The third kappa shape index (κ3) is 3.71. The Morgan fingerprint density at radius 2 is 1.62 bits per heavy atom. The zero-order chi connectivity index (χ0) is 15.6. The van der Waals surface area contributed by atoms with Gasteiger partial charge in [0.1, 0.15) is 11.6 Å². The van der Waals surface area contributed by atoms with Crippen LogP contribution in [0.15, 0.2) is 36.4 Å². The summed E-state index contributed by atoms with van der Waals surface area (Å²) in [5, 5.41) is 2.76. The summed E-state index contributed by atoms with van der Waals surface area (Å²) < 4.78 is 64.0. The quantitative estimate of drug-likeness (QED) is 0.795. The fourth-order valence-corrected chi connectivity index (χ4v) is 1.87. The van der Waals surface area contributed by atoms with E-state index in [1.807, 2.05) is 0 Å². The van der Waals surface area contributed by atoms with Gasteiger partial charge in [0, 0.05) is 12.2 Å². The maximum absolute atomic E-state index is 13.1. The first-order valence-corrected chi connectivity index (χ1v) is 6.13. The lowest BCUT2D eigenvalue weighted by Crippen LogP contribution is -2.09. The van der Waals surface area contributed by atoms with Crippen LogP contribution >= 0.6 is 0 Å². The van der Waals surface area contributed by atoms with Gasteiger partial charge in [-0.15, -0.1) is 0 Å². The Hall–Kier alpha value is -2.11. The van der Waals surface area contributed by atoms with E-state index >= 15 is 0 Å². The van der Waals surface area contributed by atoms with E-state index in [1.165, 1.54) is 18.2 Å². The molecule has 0 saturated heterocycles. The van der Waals surface area contributed by atoms with Crippen LogP contribution in [0.1, 0.15) is 16.7 Å². The number of hydrogen-bond acceptors (Lipinski definition) is 1. The fraction of sp³-hybridized carbons (Fsp3) is 0.200. The Morgan fingerprint density at radius 3 is 2.24 bits per heavy atom. The smallest absolute Gasteiger partial charge is 0.381 e. The first-order valence-electron chi connectivity index (χ1n) is 6.13. The van der Waals surface area contributed by atoms with E-state index in [0.29, 0.717) is 17.2 Å². The van der Waals surface area contributed by atoms with Crippen LogP contribution in [0.3, 0.4) is 0 Å². The van der Waals surface area contributed by atoms with Gasteiger partial charge in [0.15, 0.2) is 0 Å². The van der Waals surface area contributed by atoms with Gasteiger partial charge in [-0.3, -0.25) is 0 Å². The highest BCUT2D eigenvalue weighted by molar-refractivity contribution is 5.47. The van der Waals surface area contributed by atoms with Gasteiger partial charge in [-0.05, 0) is 42.3 Å². The minimum absolute atomic E-state index is 0.144. The Bertz CT molecular complexity index is 649. The lowest BCUT2D eigenvalue weighted by atomic mass is 10.1. The summed E-state index contributed by atoms with van der Waals surface area (Å²) in [4.78, 5) is 0. The average Bonchev–Trinajstić information content (AvgIpc) is 2.40. The monoisotopic (exact) mass is 301 g/mol. The molecule has 0 aromatic heterocycles. The van der Waals surface area contributed by atoms with E-state index in [4.69, 9.17) is 0 Å². The minimum atomic E-state index is -4.74. The number of hydrogen-bond donors (Lipinski definition) is 1. The van der Waals surface area contributed by atoms with Crippen LogP contribution in [-0.4, -0.2) is 0 Å². The van der Waals surface area contributed by atoms with Crippen LogP contribution in [0.25, 0.3) is 0 Å². The largest absolute Gasteiger partial charge is 0.419 e. The Kier molecular flexibility index (Phi) is 4.16. The van der Waals surface area contributed by atoms with Crippen LogP contribution in [0.5, 0.6) is 0 Å². The van der Waals surface area contributed by atoms with Crippen molar-refractivity contribution in [2.45, 2.75) is 19.6 Å². The first kappa shape index (κ1) is 15.3. The van der Waals surface area contributed by atoms with Gasteiger partial charge in [0.2, 0.25) is 0 Å². The van der Waals surface area contributed by atoms with E-state index in [0.717, 1.165) is 6.07 Å². The molecular weight excluding hydrogens is 289 g/mol. The summed E-state index contributed by atoms with van der Waals surface area (Å²) in [6.45, 7) is 1.81. The Morgan fingerprint density at radius 1 is 0.952 bits per heavy atom. The topological polar surface area (TPSA) is 12.0 Å². The fourth-order valence-electron chi connectivity index (χ4n) is 1.87. The van der Waals surface area contributed by atoms with Crippen LogP contribution in [0.4, 0.5) is 27.6 Å². The predicted octanol–water partition coefficient (Wildman–Crippen LogP) is 4.90. The molecule has 1 N–H and O–H groups in total. The lowest BCUT2D eigenvalue weighted by Gasteiger charge is -2.12. The van der Waals surface area contributed by atoms with Crippen molar-refractivity contribution < 1.29 is 22.0 Å². The van der Waals surface area contributed by atoms with Crippen molar-refractivity contribution in [2.75, 3.05) is 5.32 Å². The molecule has 6 heteroatoms. The van der Waals surface area contributed by atoms with Gasteiger partial charge < -0.3 is 5.32 Å². The number of rotatable bonds is 3. The second-order valence-electron chi connectivity index (χ2n) is 4.63. The third-order valence-electron chi connectivity index (χ3n) is 2.99. The molecule has 0 saturated carbocycles. The normalized spacial score (nSPS) is 11.5. The highest BCUT2D eigenvalue weighted by Crippen LogP contribution is 2.33. The van der Waals surface area contributed by atoms with Gasteiger partial charge in [-0.25, -0.2) is 8.78 Å². The number of halogens is 5. The number of alkyl halides is 3. The first-order chi connectivity index (χ1) is 9.77. The SMILES string of the molecule is Cc1cc(CNc2ccc(F)c(C(F)(F)F)c2)ccc1F. The van der Waals surface area contributed by atoms with Gasteiger partial charge in [0.25, 0.3) is 0 Å². The second-order valence-corrected chi connectivity index (χ2v) is 4.63. The molecule has 21 heavy (non-hydrogen) atoms. The highest BCUT2D eigenvalue weighted by atomic mass is 19.4. The second kappa shape index (κ2) is 5.71. The van der Waals surface area contributed by atoms with E-state index in [9.17, 15) is 22.0 Å². The van der Waals surface area contributed by atoms with Crippen molar-refractivity contribution in [1.82, 2.24) is 0 Å². The Balaban J connectivity index is 2.15. The van der Waals surface area contributed by atoms with Crippen molar-refractivity contribution in [1.29, 1.82) is 0 Å². The molecule has 0 aliphatic rings. The Labute approximate surface area is 118 Å². The van der Waals surface area contributed by atoms with Crippen molar-refractivity contribution in [3.8, 4) is 0 Å². The molecule has 1 nitrogen and oxygen atoms in total. The van der Waals surface area contributed by atoms with E-state index in [2.05, 4.69) is 5.32 Å². The molecule has 0 radical (unpaired) electrons. The number of anilines is 1. The summed E-state index contributed by atoms with van der Waals surface area (Å²) in [5.41, 5.74) is -0.00957. The molecule has 0 bridgehead atoms. The van der Waals surface area contributed by atoms with Crippen molar-refractivity contribution >= 4 is 5.69 Å². The molecular formula is C15H12F5N. The van der Waals surface area contributed by atoms with Crippen LogP contribution in [0.2, 0.25) is 0 Å². The maximum atomic E-state index is 13.1. The van der Waals surface area contributed by atoms with E-state index < -0.39 is 17.6 Å². The van der Waals surface area contributed by atoms with Gasteiger partial charge in [-0.1, -0.05) is 12.1 Å². The molecule has 112 valence electrons. The van der Waals surface area contributed by atoms with E-state index in [-0.39, 0.29) is 18.0 Å². The number of nitrogens with one attached hydrogen (secondary N) is 1. The summed E-state index contributed by atoms with van der Waals surface area (Å²) >= 11 is 0. The molecule has 0 atom stereocenters. The van der Waals surface area contributed by atoms with Crippen molar-refractivity contribution in [3.05, 3.63) is 64.7 Å². The predicted molar refractivity (Wildman–Crippen MR) is 69.9 cm³/mol. The zero-order valence-electron chi connectivity index (χ0n) is 11.1. The van der Waals surface area contributed by atoms with Crippen LogP contribution in [-0.2, 0) is 12.7 Å². The molecule has 2 aromatic carbocycles. The standard InChI is InChI=1S/C15H12F5N/c1-9-6-10(2-4-13(9)16)8-21-11-3-5-14(17)12(7-11)15(18,19)20/h2-7,21H,8H2,1H3. The summed E-state index contributed by atoms with van der Waals surface area (Å²) in [7, 11) is 0. The molecule has 0 aliphatic carbocycles. The molecule has 0 fully saturated rings. The lowest BCUT2D eigenvalue weighted by molar-refractivity contribution is -0.139. The molecule has 0 amide bonds. The molecule has 0 aliphatic heterocycles. The summed E-state index contributed by atoms with van der Waals surface area (Å²) in [6.07, 6.45) is -4.74. The third-order valence-corrected chi connectivity index (χ3v) is 2.99. The van der Waals surface area contributed by atoms with Gasteiger partial charge >= 0.3 is 6.18 Å². The molecule has 0 heterocycles. The van der Waals surface area contributed by atoms with Crippen molar-refractivity contribution in [3.63, 3.8) is 0 Å². The van der Waals surface area contributed by atoms with Crippen LogP contribution < -0.4 is 5.32 Å². The molecule has 0 spiro atoms. The molecule has 2 rings (SSSR count). The minimum Gasteiger partial charge on any atom is -0.381 e. The zero-order valence-corrected chi connectivity index (χ0v) is 11.1. The van der Waals surface area contributed by atoms with Crippen molar-refractivity contribution in [2.24, 2.45) is 0 Å². The molecule has 0 unspecified atom stereocenters. The van der Waals surface area contributed by atoms with Gasteiger partial charge in [-0.2, -0.15) is 13.2 Å². The van der Waals surface area contributed by atoms with E-state index in [1.54, 1.807) is 13.0 Å². The van der Waals surface area contributed by atoms with Crippen LogP contribution in [0, 0.1) is 18.6 Å². The molecule has 2 aromatic rings. The highest BCUT2D eigenvalue weighted by Gasteiger charge is 2.34. The van der Waals surface area contributed by atoms with Gasteiger partial charge in [0.05, 0.1) is 5.56 Å². The number of aryl methyl sites for hydroxylation is 1. The summed E-state index contributed by atoms with van der Waals surface area (Å²) in [5.74, 6) is -1.66. The number of benzene rings is 2. The average molecular weight is 301 g/mol. The summed E-state index contributed by atoms with van der Waals surface area (Å²) in [6, 6.07) is 7.12.